The lowest BCUT2D eigenvalue weighted by Crippen LogP contribution is -2.59. The molecular formula is C21H20F3N5O3S. The first-order valence-corrected chi connectivity index (χ1v) is 11.2. The number of nitrogens with zero attached hydrogens (tertiary/aromatic N) is 5. The quantitative estimate of drug-likeness (QED) is 0.728. The molecule has 1 saturated heterocycles. The fraction of sp³-hybridized carbons (Fsp3) is 0.429. The van der Waals surface area contributed by atoms with Crippen LogP contribution in [0.5, 0.6) is 5.75 Å². The SMILES string of the molecule is C[C@@H]1CC[C@@H]2N(C)C(=O)c3c(O)c(=O)c(-c4nnc(CC5C(F)=CC(F)=CC5F)s4)cn3N12. The number of carbonyl (C=O) groups is 1. The first kappa shape index (κ1) is 21.7. The number of allylic oxidation sites excluding steroid dienone is 4. The van der Waals surface area contributed by atoms with Crippen molar-refractivity contribution in [1.29, 1.82) is 0 Å². The third kappa shape index (κ3) is 3.35. The number of hydrogen-bond acceptors (Lipinski definition) is 7. The Morgan fingerprint density at radius 3 is 2.73 bits per heavy atom. The lowest BCUT2D eigenvalue weighted by Gasteiger charge is -2.43. The molecule has 33 heavy (non-hydrogen) atoms. The summed E-state index contributed by atoms with van der Waals surface area (Å²) in [6.07, 6.45) is 2.13. The number of pyridine rings is 1. The Morgan fingerprint density at radius 2 is 2.00 bits per heavy atom. The summed E-state index contributed by atoms with van der Waals surface area (Å²) in [5.74, 6) is -4.28. The van der Waals surface area contributed by atoms with Crippen LogP contribution in [0.25, 0.3) is 10.6 Å². The Kier molecular flexibility index (Phi) is 5.07. The summed E-state index contributed by atoms with van der Waals surface area (Å²) >= 11 is 0.950. The Hall–Kier alpha value is -3.15. The van der Waals surface area contributed by atoms with Crippen LogP contribution in [0.3, 0.4) is 0 Å². The maximum atomic E-state index is 14.1. The van der Waals surface area contributed by atoms with E-state index < -0.39 is 40.8 Å². The number of alkyl halides is 1. The van der Waals surface area contributed by atoms with Crippen LogP contribution in [0.4, 0.5) is 13.2 Å². The van der Waals surface area contributed by atoms with Gasteiger partial charge in [0.2, 0.25) is 5.43 Å². The predicted molar refractivity (Wildman–Crippen MR) is 115 cm³/mol. The van der Waals surface area contributed by atoms with Gasteiger partial charge in [-0.2, -0.15) is 0 Å². The van der Waals surface area contributed by atoms with Gasteiger partial charge < -0.3 is 10.0 Å². The third-order valence-electron chi connectivity index (χ3n) is 6.41. The van der Waals surface area contributed by atoms with Gasteiger partial charge in [-0.05, 0) is 25.8 Å². The Balaban J connectivity index is 1.53. The largest absolute Gasteiger partial charge is 0.502 e. The molecule has 5 rings (SSSR count). The van der Waals surface area contributed by atoms with E-state index in [1.807, 2.05) is 11.9 Å². The van der Waals surface area contributed by atoms with Crippen molar-refractivity contribution < 1.29 is 23.1 Å². The maximum Gasteiger partial charge on any atom is 0.277 e. The van der Waals surface area contributed by atoms with Crippen LogP contribution in [0, 0.1) is 5.92 Å². The summed E-state index contributed by atoms with van der Waals surface area (Å²) in [4.78, 5) is 27.3. The second-order valence-electron chi connectivity index (χ2n) is 8.45. The van der Waals surface area contributed by atoms with Gasteiger partial charge in [0, 0.05) is 31.8 Å². The first-order chi connectivity index (χ1) is 15.7. The van der Waals surface area contributed by atoms with Gasteiger partial charge in [-0.1, -0.05) is 11.3 Å². The highest BCUT2D eigenvalue weighted by Crippen LogP contribution is 2.36. The minimum absolute atomic E-state index is 0.0256. The van der Waals surface area contributed by atoms with Gasteiger partial charge in [-0.3, -0.25) is 19.3 Å². The lowest BCUT2D eigenvalue weighted by molar-refractivity contribution is 0.0651. The molecule has 1 aliphatic carbocycles. The predicted octanol–water partition coefficient (Wildman–Crippen LogP) is 2.82. The molecule has 3 aliphatic rings. The Morgan fingerprint density at radius 1 is 1.24 bits per heavy atom. The molecule has 1 amide bonds. The average molecular weight is 479 g/mol. The number of aromatic hydroxyl groups is 1. The van der Waals surface area contributed by atoms with Crippen LogP contribution in [0.15, 0.2) is 34.8 Å². The topological polar surface area (TPSA) is 91.6 Å². The molecule has 2 aromatic rings. The average Bonchev–Trinajstić information content (AvgIpc) is 3.38. The molecule has 2 aliphatic heterocycles. The molecule has 1 fully saturated rings. The summed E-state index contributed by atoms with van der Waals surface area (Å²) in [6.45, 7) is 1.99. The minimum atomic E-state index is -1.85. The second kappa shape index (κ2) is 7.72. The van der Waals surface area contributed by atoms with Crippen molar-refractivity contribution >= 4 is 17.2 Å². The van der Waals surface area contributed by atoms with E-state index in [0.717, 1.165) is 24.2 Å². The number of amides is 1. The van der Waals surface area contributed by atoms with E-state index in [1.54, 1.807) is 7.05 Å². The van der Waals surface area contributed by atoms with Gasteiger partial charge in [0.25, 0.3) is 5.91 Å². The van der Waals surface area contributed by atoms with Crippen LogP contribution in [0.2, 0.25) is 0 Å². The van der Waals surface area contributed by atoms with E-state index in [0.29, 0.717) is 12.2 Å². The molecule has 2 aromatic heterocycles. The summed E-state index contributed by atoms with van der Waals surface area (Å²) < 4.78 is 42.9. The zero-order valence-corrected chi connectivity index (χ0v) is 18.5. The molecular weight excluding hydrogens is 459 g/mol. The van der Waals surface area contributed by atoms with Gasteiger partial charge in [-0.15, -0.1) is 10.2 Å². The van der Waals surface area contributed by atoms with Crippen molar-refractivity contribution in [3.8, 4) is 16.3 Å². The van der Waals surface area contributed by atoms with Crippen molar-refractivity contribution in [2.45, 2.75) is 44.6 Å². The molecule has 0 aromatic carbocycles. The summed E-state index contributed by atoms with van der Waals surface area (Å²) in [6, 6.07) is 0.0556. The molecule has 0 bridgehead atoms. The number of halogens is 3. The smallest absolute Gasteiger partial charge is 0.277 e. The number of fused-ring (bicyclic) bond motifs is 3. The van der Waals surface area contributed by atoms with Crippen molar-refractivity contribution in [1.82, 2.24) is 19.8 Å². The number of carbonyl (C=O) groups excluding carboxylic acids is 1. The molecule has 1 N–H and O–H groups in total. The van der Waals surface area contributed by atoms with Crippen LogP contribution in [-0.2, 0) is 6.42 Å². The van der Waals surface area contributed by atoms with E-state index in [2.05, 4.69) is 10.2 Å². The molecule has 0 saturated carbocycles. The van der Waals surface area contributed by atoms with Crippen molar-refractivity contribution in [2.24, 2.45) is 5.92 Å². The molecule has 4 heterocycles. The second-order valence-corrected chi connectivity index (χ2v) is 9.52. The maximum absolute atomic E-state index is 14.1. The number of aromatic nitrogens is 3. The molecule has 0 radical (unpaired) electrons. The highest BCUT2D eigenvalue weighted by atomic mass is 32.1. The zero-order chi connectivity index (χ0) is 23.6. The van der Waals surface area contributed by atoms with Gasteiger partial charge in [0.05, 0.1) is 11.5 Å². The highest BCUT2D eigenvalue weighted by Gasteiger charge is 2.43. The summed E-state index contributed by atoms with van der Waals surface area (Å²) in [5, 5.41) is 20.9. The van der Waals surface area contributed by atoms with E-state index >= 15 is 0 Å². The van der Waals surface area contributed by atoms with E-state index in [-0.39, 0.29) is 39.9 Å². The van der Waals surface area contributed by atoms with Crippen molar-refractivity contribution in [2.75, 3.05) is 12.1 Å². The summed E-state index contributed by atoms with van der Waals surface area (Å²) in [7, 11) is 1.63. The van der Waals surface area contributed by atoms with E-state index in [1.165, 1.54) is 15.8 Å². The standard InChI is InChI=1S/C21H20F3N5O3S/c1-9-3-4-16-27(2)21(32)17-19(31)18(30)12(8-28(17)29(9)16)20-26-25-15(33-20)7-11-13(23)5-10(22)6-14(11)24/h5-6,8-9,11,13,16,31H,3-4,7H2,1-2H3/t9-,11?,13?,16-/m1/s1. The van der Waals surface area contributed by atoms with E-state index in [4.69, 9.17) is 0 Å². The summed E-state index contributed by atoms with van der Waals surface area (Å²) in [5.41, 5.74) is -0.879. The number of hydrogen-bond donors (Lipinski definition) is 1. The Bertz CT molecular complexity index is 1270. The third-order valence-corrected chi connectivity index (χ3v) is 7.39. The fourth-order valence-electron chi connectivity index (χ4n) is 4.65. The minimum Gasteiger partial charge on any atom is -0.502 e. The van der Waals surface area contributed by atoms with Gasteiger partial charge in [-0.25, -0.2) is 13.2 Å². The zero-order valence-electron chi connectivity index (χ0n) is 17.7. The fourth-order valence-corrected chi connectivity index (χ4v) is 5.56. The monoisotopic (exact) mass is 479 g/mol. The van der Waals surface area contributed by atoms with Gasteiger partial charge in [0.15, 0.2) is 16.5 Å². The highest BCUT2D eigenvalue weighted by molar-refractivity contribution is 7.14. The van der Waals surface area contributed by atoms with Crippen molar-refractivity contribution in [3.05, 3.63) is 50.9 Å². The molecule has 2 unspecified atom stereocenters. The molecule has 4 atom stereocenters. The molecule has 8 nitrogen and oxygen atoms in total. The van der Waals surface area contributed by atoms with Crippen LogP contribution >= 0.6 is 11.3 Å². The molecule has 12 heteroatoms. The van der Waals surface area contributed by atoms with Gasteiger partial charge in [0.1, 0.15) is 29.0 Å². The lowest BCUT2D eigenvalue weighted by atomic mass is 9.94. The van der Waals surface area contributed by atoms with Gasteiger partial charge >= 0.3 is 0 Å². The molecule has 0 spiro atoms. The van der Waals surface area contributed by atoms with Crippen molar-refractivity contribution in [3.63, 3.8) is 0 Å². The first-order valence-electron chi connectivity index (χ1n) is 10.4. The molecule has 174 valence electrons. The Labute approximate surface area is 190 Å². The van der Waals surface area contributed by atoms with Crippen LogP contribution in [-0.4, -0.2) is 56.2 Å². The van der Waals surface area contributed by atoms with E-state index in [9.17, 15) is 27.9 Å². The normalized spacial score (nSPS) is 26.8. The van der Waals surface area contributed by atoms with Crippen LogP contribution < -0.4 is 10.4 Å². The van der Waals surface area contributed by atoms with Crippen LogP contribution in [0.1, 0.15) is 35.3 Å². The number of rotatable bonds is 3.